The number of thioether (sulfide) groups is 1. The fraction of sp³-hybridized carbons (Fsp3) is 0.167. The lowest BCUT2D eigenvalue weighted by atomic mass is 10.1. The number of sulfonamides is 1. The second-order valence-corrected chi connectivity index (χ2v) is 8.69. The van der Waals surface area contributed by atoms with Crippen molar-refractivity contribution < 1.29 is 8.42 Å². The van der Waals surface area contributed by atoms with Gasteiger partial charge in [0.25, 0.3) is 10.0 Å². The average Bonchev–Trinajstić information content (AvgIpc) is 3.17. The molecule has 0 unspecified atom stereocenters. The van der Waals surface area contributed by atoms with Crippen molar-refractivity contribution in [2.45, 2.75) is 23.5 Å². The number of rotatable bonds is 4. The summed E-state index contributed by atoms with van der Waals surface area (Å²) in [4.78, 5) is 4.87. The van der Waals surface area contributed by atoms with Crippen LogP contribution in [0.1, 0.15) is 5.56 Å². The third kappa shape index (κ3) is 3.29. The summed E-state index contributed by atoms with van der Waals surface area (Å²) in [6.45, 7) is 2.86. The van der Waals surface area contributed by atoms with E-state index in [0.29, 0.717) is 5.69 Å². The van der Waals surface area contributed by atoms with Crippen molar-refractivity contribution in [2.24, 2.45) is 0 Å². The number of imidazole rings is 1. The number of fused-ring (bicyclic) bond motifs is 1. The second kappa shape index (κ2) is 6.24. The van der Waals surface area contributed by atoms with Crippen LogP contribution in [0.4, 0.5) is 5.69 Å². The van der Waals surface area contributed by atoms with Gasteiger partial charge < -0.3 is 4.57 Å². The number of hydrogen-bond donors (Lipinski definition) is 1. The molecule has 0 bridgehead atoms. The zero-order chi connectivity index (χ0) is 17.4. The number of aryl methyl sites for hydroxylation is 2. The summed E-state index contributed by atoms with van der Waals surface area (Å²) >= 11 is 1.75. The Morgan fingerprint density at radius 3 is 2.68 bits per heavy atom. The van der Waals surface area contributed by atoms with Crippen molar-refractivity contribution in [1.29, 1.82) is 0 Å². The molecule has 0 atom stereocenters. The van der Waals surface area contributed by atoms with Crippen LogP contribution in [0.15, 0.2) is 64.8 Å². The summed E-state index contributed by atoms with van der Waals surface area (Å²) < 4.78 is 29.7. The third-order valence-electron chi connectivity index (χ3n) is 4.04. The quantitative estimate of drug-likeness (QED) is 0.758. The Morgan fingerprint density at radius 1 is 1.16 bits per heavy atom. The molecule has 0 aliphatic carbocycles. The van der Waals surface area contributed by atoms with E-state index in [0.717, 1.165) is 34.3 Å². The smallest absolute Gasteiger partial charge is 0.261 e. The summed E-state index contributed by atoms with van der Waals surface area (Å²) in [5, 5.41) is 1.04. The van der Waals surface area contributed by atoms with Crippen molar-refractivity contribution >= 4 is 27.5 Å². The van der Waals surface area contributed by atoms with E-state index >= 15 is 0 Å². The predicted octanol–water partition coefficient (Wildman–Crippen LogP) is 3.77. The minimum atomic E-state index is -3.58. The van der Waals surface area contributed by atoms with Gasteiger partial charge in [0, 0.05) is 29.7 Å². The highest BCUT2D eigenvalue weighted by Crippen LogP contribution is 2.29. The lowest BCUT2D eigenvalue weighted by Gasteiger charge is -2.09. The van der Waals surface area contributed by atoms with Crippen LogP contribution in [0.5, 0.6) is 0 Å². The number of nitrogens with one attached hydrogen (secondary N) is 1. The van der Waals surface area contributed by atoms with Crippen LogP contribution in [-0.2, 0) is 16.6 Å². The number of hydrogen-bond acceptors (Lipinski definition) is 4. The Kier molecular flexibility index (Phi) is 4.05. The van der Waals surface area contributed by atoms with Crippen molar-refractivity contribution in [3.05, 3.63) is 60.3 Å². The van der Waals surface area contributed by atoms with Crippen LogP contribution in [0, 0.1) is 6.92 Å². The predicted molar refractivity (Wildman–Crippen MR) is 100 cm³/mol. The number of anilines is 1. The molecule has 0 saturated heterocycles. The molecule has 0 amide bonds. The Hall–Kier alpha value is -2.25. The first-order valence-electron chi connectivity index (χ1n) is 7.91. The van der Waals surface area contributed by atoms with Crippen molar-refractivity contribution in [2.75, 3.05) is 10.5 Å². The number of nitrogens with zero attached hydrogens (tertiary/aromatic N) is 2. The molecule has 2 aromatic carbocycles. The van der Waals surface area contributed by atoms with Gasteiger partial charge in [-0.3, -0.25) is 4.72 Å². The fourth-order valence-corrected chi connectivity index (χ4v) is 4.86. The summed E-state index contributed by atoms with van der Waals surface area (Å²) in [7, 11) is -3.58. The second-order valence-electron chi connectivity index (χ2n) is 5.95. The topological polar surface area (TPSA) is 64.0 Å². The molecule has 0 spiro atoms. The van der Waals surface area contributed by atoms with Gasteiger partial charge in [0.15, 0.2) is 5.16 Å². The van der Waals surface area contributed by atoms with Crippen LogP contribution >= 0.6 is 11.8 Å². The molecule has 0 saturated carbocycles. The molecule has 1 aromatic heterocycles. The van der Waals surface area contributed by atoms with Gasteiger partial charge in [0.2, 0.25) is 0 Å². The highest BCUT2D eigenvalue weighted by molar-refractivity contribution is 7.99. The Labute approximate surface area is 151 Å². The molecular weight excluding hydrogens is 354 g/mol. The molecule has 4 rings (SSSR count). The average molecular weight is 371 g/mol. The monoisotopic (exact) mass is 371 g/mol. The van der Waals surface area contributed by atoms with Gasteiger partial charge in [0.05, 0.1) is 10.6 Å². The third-order valence-corrected chi connectivity index (χ3v) is 6.39. The van der Waals surface area contributed by atoms with Gasteiger partial charge >= 0.3 is 0 Å². The van der Waals surface area contributed by atoms with E-state index < -0.39 is 10.0 Å². The lowest BCUT2D eigenvalue weighted by Crippen LogP contribution is -2.12. The van der Waals surface area contributed by atoms with Crippen LogP contribution in [-0.4, -0.2) is 23.7 Å². The first kappa shape index (κ1) is 16.2. The Bertz CT molecular complexity index is 1000. The molecular formula is C18H17N3O2S2. The number of benzene rings is 2. The van der Waals surface area contributed by atoms with Gasteiger partial charge in [0.1, 0.15) is 0 Å². The summed E-state index contributed by atoms with van der Waals surface area (Å²) in [6.07, 6.45) is 2.04. The highest BCUT2D eigenvalue weighted by Gasteiger charge is 2.16. The zero-order valence-electron chi connectivity index (χ0n) is 13.6. The largest absolute Gasteiger partial charge is 0.325 e. The molecule has 0 fully saturated rings. The zero-order valence-corrected chi connectivity index (χ0v) is 15.3. The van der Waals surface area contributed by atoms with Crippen LogP contribution < -0.4 is 4.72 Å². The van der Waals surface area contributed by atoms with E-state index in [9.17, 15) is 8.42 Å². The molecule has 5 nitrogen and oxygen atoms in total. The summed E-state index contributed by atoms with van der Waals surface area (Å²) in [5.41, 5.74) is 3.33. The van der Waals surface area contributed by atoms with Gasteiger partial charge in [-0.05, 0) is 36.8 Å². The van der Waals surface area contributed by atoms with Crippen LogP contribution in [0.2, 0.25) is 0 Å². The van der Waals surface area contributed by atoms with Crippen LogP contribution in [0.3, 0.4) is 0 Å². The van der Waals surface area contributed by atoms with Crippen molar-refractivity contribution in [3.63, 3.8) is 0 Å². The van der Waals surface area contributed by atoms with E-state index in [4.69, 9.17) is 0 Å². The maximum atomic E-state index is 12.5. The van der Waals surface area contributed by atoms with E-state index in [2.05, 4.69) is 14.3 Å². The normalized spacial score (nSPS) is 13.6. The molecule has 7 heteroatoms. The summed E-state index contributed by atoms with van der Waals surface area (Å²) in [6, 6.07) is 14.2. The SMILES string of the molecule is Cc1cccc(S(=O)(=O)Nc2ccc(-c3cn4c(n3)SCC4)cc2)c1. The fourth-order valence-electron chi connectivity index (χ4n) is 2.75. The first-order valence-corrected chi connectivity index (χ1v) is 10.4. The van der Waals surface area contributed by atoms with Gasteiger partial charge in [-0.2, -0.15) is 0 Å². The maximum absolute atomic E-state index is 12.5. The molecule has 25 heavy (non-hydrogen) atoms. The lowest BCUT2D eigenvalue weighted by molar-refractivity contribution is 0.601. The van der Waals surface area contributed by atoms with Crippen molar-refractivity contribution in [3.8, 4) is 11.3 Å². The first-order chi connectivity index (χ1) is 12.0. The number of aromatic nitrogens is 2. The van der Waals surface area contributed by atoms with Gasteiger partial charge in [-0.25, -0.2) is 13.4 Å². The molecule has 3 aromatic rings. The standard InChI is InChI=1S/C18H17N3O2S2/c1-13-3-2-4-16(11-13)25(22,23)20-15-7-5-14(6-8-15)17-12-21-9-10-24-18(21)19-17/h2-8,11-12,20H,9-10H2,1H3. The Balaban J connectivity index is 1.56. The van der Waals surface area contributed by atoms with E-state index in [1.165, 1.54) is 0 Å². The van der Waals surface area contributed by atoms with Gasteiger partial charge in [-0.1, -0.05) is 36.0 Å². The molecule has 1 aliphatic heterocycles. The maximum Gasteiger partial charge on any atom is 0.261 e. The highest BCUT2D eigenvalue weighted by atomic mass is 32.2. The van der Waals surface area contributed by atoms with E-state index in [1.807, 2.05) is 31.3 Å². The molecule has 0 radical (unpaired) electrons. The van der Waals surface area contributed by atoms with Gasteiger partial charge in [-0.15, -0.1) is 0 Å². The van der Waals surface area contributed by atoms with Crippen LogP contribution in [0.25, 0.3) is 11.3 Å². The molecule has 1 N–H and O–H groups in total. The minimum Gasteiger partial charge on any atom is -0.325 e. The van der Waals surface area contributed by atoms with Crippen molar-refractivity contribution in [1.82, 2.24) is 9.55 Å². The summed E-state index contributed by atoms with van der Waals surface area (Å²) in [5.74, 6) is 1.07. The Morgan fingerprint density at radius 2 is 1.96 bits per heavy atom. The minimum absolute atomic E-state index is 0.263. The molecule has 1 aliphatic rings. The van der Waals surface area contributed by atoms with E-state index in [1.54, 1.807) is 42.1 Å². The van der Waals surface area contributed by atoms with E-state index in [-0.39, 0.29) is 4.90 Å². The molecule has 128 valence electrons. The molecule has 2 heterocycles.